The first-order chi connectivity index (χ1) is 14.3. The minimum Gasteiger partial charge on any atom is -0.378 e. The first-order valence-corrected chi connectivity index (χ1v) is 9.72. The van der Waals surface area contributed by atoms with Gasteiger partial charge in [-0.3, -0.25) is 9.59 Å². The predicted octanol–water partition coefficient (Wildman–Crippen LogP) is 2.96. The molecule has 2 aromatic carbocycles. The molecule has 156 valence electrons. The standard InChI is InChI=1S/C22H26N6O2/c1-15(2)28-14-20(25-26-28)18-7-5-6-8-19(18)24-21(29)13-23-22(30)16-9-11-17(12-10-16)27(3)4/h5-12,14-15H,13H2,1-4H3,(H,23,30)(H,24,29). The number of nitrogens with one attached hydrogen (secondary N) is 2. The third kappa shape index (κ3) is 5.02. The van der Waals surface area contributed by atoms with Crippen LogP contribution >= 0.6 is 0 Å². The van der Waals surface area contributed by atoms with Gasteiger partial charge in [0.2, 0.25) is 5.91 Å². The fraction of sp³-hybridized carbons (Fsp3) is 0.273. The van der Waals surface area contributed by atoms with Crippen LogP contribution in [0.15, 0.2) is 54.7 Å². The summed E-state index contributed by atoms with van der Waals surface area (Å²) in [5.74, 6) is -0.624. The monoisotopic (exact) mass is 406 g/mol. The van der Waals surface area contributed by atoms with Gasteiger partial charge in [-0.1, -0.05) is 23.4 Å². The molecule has 2 N–H and O–H groups in total. The van der Waals surface area contributed by atoms with Crippen molar-refractivity contribution in [2.75, 3.05) is 30.9 Å². The van der Waals surface area contributed by atoms with Crippen LogP contribution in [-0.2, 0) is 4.79 Å². The highest BCUT2D eigenvalue weighted by Crippen LogP contribution is 2.26. The van der Waals surface area contributed by atoms with Gasteiger partial charge in [-0.2, -0.15) is 0 Å². The summed E-state index contributed by atoms with van der Waals surface area (Å²) >= 11 is 0. The number of carbonyl (C=O) groups is 2. The van der Waals surface area contributed by atoms with Crippen molar-refractivity contribution in [1.29, 1.82) is 0 Å². The molecule has 0 unspecified atom stereocenters. The maximum Gasteiger partial charge on any atom is 0.251 e. The van der Waals surface area contributed by atoms with Gasteiger partial charge in [0.05, 0.1) is 18.4 Å². The van der Waals surface area contributed by atoms with Gasteiger partial charge in [0.15, 0.2) is 0 Å². The molecular formula is C22H26N6O2. The Balaban J connectivity index is 1.63. The van der Waals surface area contributed by atoms with E-state index in [1.54, 1.807) is 22.9 Å². The molecule has 0 aliphatic heterocycles. The number of rotatable bonds is 7. The van der Waals surface area contributed by atoms with E-state index in [1.165, 1.54) is 0 Å². The Hall–Kier alpha value is -3.68. The number of aromatic nitrogens is 3. The number of anilines is 2. The first kappa shape index (κ1) is 21.0. The van der Waals surface area contributed by atoms with Crippen LogP contribution in [0.25, 0.3) is 11.3 Å². The lowest BCUT2D eigenvalue weighted by molar-refractivity contribution is -0.115. The molecule has 8 heteroatoms. The molecule has 1 aromatic heterocycles. The van der Waals surface area contributed by atoms with Crippen LogP contribution < -0.4 is 15.5 Å². The molecule has 8 nitrogen and oxygen atoms in total. The van der Waals surface area contributed by atoms with Crippen molar-refractivity contribution in [3.8, 4) is 11.3 Å². The number of hydrogen-bond donors (Lipinski definition) is 2. The van der Waals surface area contributed by atoms with E-state index in [1.807, 2.05) is 69.4 Å². The molecule has 3 aromatic rings. The van der Waals surface area contributed by atoms with E-state index in [9.17, 15) is 9.59 Å². The largest absolute Gasteiger partial charge is 0.378 e. The summed E-state index contributed by atoms with van der Waals surface area (Å²) in [5.41, 5.74) is 3.55. The molecule has 3 rings (SSSR count). The van der Waals surface area contributed by atoms with Gasteiger partial charge in [-0.25, -0.2) is 4.68 Å². The fourth-order valence-electron chi connectivity index (χ4n) is 2.84. The summed E-state index contributed by atoms with van der Waals surface area (Å²) in [6.45, 7) is 3.90. The van der Waals surface area contributed by atoms with Crippen LogP contribution in [0.2, 0.25) is 0 Å². The lowest BCUT2D eigenvalue weighted by atomic mass is 10.1. The number of amides is 2. The second-order valence-corrected chi connectivity index (χ2v) is 7.40. The van der Waals surface area contributed by atoms with Gasteiger partial charge in [-0.15, -0.1) is 5.10 Å². The lowest BCUT2D eigenvalue weighted by Crippen LogP contribution is -2.33. The second kappa shape index (κ2) is 9.21. The maximum atomic E-state index is 12.4. The number of benzene rings is 2. The summed E-state index contributed by atoms with van der Waals surface area (Å²) in [6.07, 6.45) is 1.84. The zero-order valence-corrected chi connectivity index (χ0v) is 17.6. The van der Waals surface area contributed by atoms with Crippen molar-refractivity contribution >= 4 is 23.2 Å². The average Bonchev–Trinajstić information content (AvgIpc) is 3.23. The van der Waals surface area contributed by atoms with E-state index in [-0.39, 0.29) is 24.4 Å². The van der Waals surface area contributed by atoms with Crippen LogP contribution in [0.3, 0.4) is 0 Å². The van der Waals surface area contributed by atoms with Gasteiger partial charge < -0.3 is 15.5 Å². The third-order valence-corrected chi connectivity index (χ3v) is 4.57. The van der Waals surface area contributed by atoms with Crippen molar-refractivity contribution in [2.45, 2.75) is 19.9 Å². The number of hydrogen-bond acceptors (Lipinski definition) is 5. The summed E-state index contributed by atoms with van der Waals surface area (Å²) in [6, 6.07) is 14.7. The zero-order valence-electron chi connectivity index (χ0n) is 17.6. The van der Waals surface area contributed by atoms with Crippen LogP contribution in [0, 0.1) is 0 Å². The summed E-state index contributed by atoms with van der Waals surface area (Å²) < 4.78 is 1.76. The van der Waals surface area contributed by atoms with Crippen LogP contribution in [0.4, 0.5) is 11.4 Å². The van der Waals surface area contributed by atoms with E-state index in [0.717, 1.165) is 11.3 Å². The van der Waals surface area contributed by atoms with Crippen LogP contribution in [-0.4, -0.2) is 47.4 Å². The molecule has 30 heavy (non-hydrogen) atoms. The molecule has 0 bridgehead atoms. The van der Waals surface area contributed by atoms with Gasteiger partial charge >= 0.3 is 0 Å². The molecule has 0 saturated heterocycles. The summed E-state index contributed by atoms with van der Waals surface area (Å²) in [5, 5.41) is 13.8. The Morgan fingerprint density at radius 1 is 1.07 bits per heavy atom. The fourth-order valence-corrected chi connectivity index (χ4v) is 2.84. The van der Waals surface area contributed by atoms with E-state index >= 15 is 0 Å². The maximum absolute atomic E-state index is 12.4. The molecule has 0 spiro atoms. The van der Waals surface area contributed by atoms with E-state index in [0.29, 0.717) is 16.9 Å². The van der Waals surface area contributed by atoms with E-state index < -0.39 is 0 Å². The summed E-state index contributed by atoms with van der Waals surface area (Å²) in [7, 11) is 3.86. The Morgan fingerprint density at radius 2 is 1.77 bits per heavy atom. The Kier molecular flexibility index (Phi) is 6.46. The number of para-hydroxylation sites is 1. The lowest BCUT2D eigenvalue weighted by Gasteiger charge is -2.13. The molecule has 2 amide bonds. The Morgan fingerprint density at radius 3 is 2.40 bits per heavy atom. The van der Waals surface area contributed by atoms with E-state index in [4.69, 9.17) is 0 Å². The average molecular weight is 406 g/mol. The molecule has 0 aliphatic carbocycles. The minimum atomic E-state index is -0.322. The SMILES string of the molecule is CC(C)n1cc(-c2ccccc2NC(=O)CNC(=O)c2ccc(N(C)C)cc2)nn1. The third-order valence-electron chi connectivity index (χ3n) is 4.57. The molecule has 0 radical (unpaired) electrons. The Labute approximate surface area is 175 Å². The van der Waals surface area contributed by atoms with Crippen LogP contribution in [0.1, 0.15) is 30.2 Å². The topological polar surface area (TPSA) is 92.2 Å². The Bertz CT molecular complexity index is 1020. The highest BCUT2D eigenvalue weighted by molar-refractivity contribution is 6.00. The van der Waals surface area contributed by atoms with Gasteiger partial charge in [0.1, 0.15) is 5.69 Å². The van der Waals surface area contributed by atoms with E-state index in [2.05, 4.69) is 20.9 Å². The van der Waals surface area contributed by atoms with Crippen molar-refractivity contribution < 1.29 is 9.59 Å². The second-order valence-electron chi connectivity index (χ2n) is 7.40. The molecule has 1 heterocycles. The normalized spacial score (nSPS) is 10.7. The first-order valence-electron chi connectivity index (χ1n) is 9.72. The van der Waals surface area contributed by atoms with Crippen molar-refractivity contribution in [2.24, 2.45) is 0 Å². The molecule has 0 aliphatic rings. The van der Waals surface area contributed by atoms with Crippen molar-refractivity contribution in [3.63, 3.8) is 0 Å². The van der Waals surface area contributed by atoms with Crippen LogP contribution in [0.5, 0.6) is 0 Å². The van der Waals surface area contributed by atoms with Gasteiger partial charge in [-0.05, 0) is 44.2 Å². The number of carbonyl (C=O) groups excluding carboxylic acids is 2. The molecule has 0 saturated carbocycles. The highest BCUT2D eigenvalue weighted by atomic mass is 16.2. The zero-order chi connectivity index (χ0) is 21.7. The minimum absolute atomic E-state index is 0.138. The molecule has 0 fully saturated rings. The van der Waals surface area contributed by atoms with Crippen molar-refractivity contribution in [3.05, 3.63) is 60.3 Å². The predicted molar refractivity (Wildman–Crippen MR) is 118 cm³/mol. The summed E-state index contributed by atoms with van der Waals surface area (Å²) in [4.78, 5) is 26.7. The van der Waals surface area contributed by atoms with Gasteiger partial charge in [0, 0.05) is 37.0 Å². The molecule has 0 atom stereocenters. The smallest absolute Gasteiger partial charge is 0.251 e. The molecular weight excluding hydrogens is 380 g/mol. The quantitative estimate of drug-likeness (QED) is 0.629. The van der Waals surface area contributed by atoms with Crippen molar-refractivity contribution in [1.82, 2.24) is 20.3 Å². The van der Waals surface area contributed by atoms with Gasteiger partial charge in [0.25, 0.3) is 5.91 Å². The number of nitrogens with zero attached hydrogens (tertiary/aromatic N) is 4. The highest BCUT2D eigenvalue weighted by Gasteiger charge is 2.13.